The van der Waals surface area contributed by atoms with Crippen LogP contribution in [0.2, 0.25) is 5.02 Å². The third-order valence-corrected chi connectivity index (χ3v) is 7.85. The van der Waals surface area contributed by atoms with Crippen molar-refractivity contribution in [1.82, 2.24) is 0 Å². The Morgan fingerprint density at radius 2 is 2.03 bits per heavy atom. The predicted octanol–water partition coefficient (Wildman–Crippen LogP) is 5.17. The largest absolute Gasteiger partial charge is 0.748 e. The summed E-state index contributed by atoms with van der Waals surface area (Å²) in [6.07, 6.45) is 4.16. The number of ether oxygens (including phenoxy) is 1. The van der Waals surface area contributed by atoms with Gasteiger partial charge in [-0.2, -0.15) is 4.57 Å². The molecule has 0 unspecified atom stereocenters. The number of hydrogen-bond donors (Lipinski definition) is 0. The fourth-order valence-electron chi connectivity index (χ4n) is 3.36. The fourth-order valence-corrected chi connectivity index (χ4v) is 6.20. The SMILES string of the molecule is COc1cc2sc(C=Cc3ccccc3Cl)[n+](CCCS(=O)(=O)[O-])c2c2sccc12. The molecule has 0 amide bonds. The Balaban J connectivity index is 1.85. The minimum absolute atomic E-state index is 0.244. The van der Waals surface area contributed by atoms with Crippen molar-refractivity contribution >= 4 is 76.8 Å². The third kappa shape index (κ3) is 4.38. The van der Waals surface area contributed by atoms with Crippen molar-refractivity contribution in [3.8, 4) is 5.75 Å². The maximum atomic E-state index is 11.1. The molecule has 4 rings (SSSR count). The van der Waals surface area contributed by atoms with Crippen LogP contribution >= 0.6 is 34.3 Å². The number of rotatable bonds is 7. The zero-order chi connectivity index (χ0) is 21.3. The molecule has 9 heteroatoms. The van der Waals surface area contributed by atoms with E-state index in [0.717, 1.165) is 36.6 Å². The van der Waals surface area contributed by atoms with Crippen molar-refractivity contribution < 1.29 is 22.3 Å². The maximum absolute atomic E-state index is 11.1. The Hall–Kier alpha value is -1.97. The van der Waals surface area contributed by atoms with E-state index >= 15 is 0 Å². The van der Waals surface area contributed by atoms with E-state index in [0.29, 0.717) is 11.6 Å². The number of aromatic nitrogens is 1. The van der Waals surface area contributed by atoms with Gasteiger partial charge in [0.15, 0.2) is 6.54 Å². The van der Waals surface area contributed by atoms with E-state index in [1.807, 2.05) is 53.9 Å². The molecule has 0 radical (unpaired) electrons. The van der Waals surface area contributed by atoms with Crippen LogP contribution in [0.5, 0.6) is 5.75 Å². The Morgan fingerprint density at radius 1 is 1.23 bits per heavy atom. The summed E-state index contributed by atoms with van der Waals surface area (Å²) in [6.45, 7) is 0.420. The molecule has 0 bridgehead atoms. The van der Waals surface area contributed by atoms with Crippen LogP contribution in [-0.2, 0) is 16.7 Å². The van der Waals surface area contributed by atoms with E-state index in [9.17, 15) is 13.0 Å². The van der Waals surface area contributed by atoms with Crippen LogP contribution in [0.3, 0.4) is 0 Å². The van der Waals surface area contributed by atoms with Gasteiger partial charge in [0.05, 0.1) is 17.2 Å². The fraction of sp³-hybridized carbons (Fsp3) is 0.190. The lowest BCUT2D eigenvalue weighted by atomic mass is 10.2. The molecule has 0 saturated carbocycles. The molecule has 0 aliphatic heterocycles. The Kier molecular flexibility index (Phi) is 6.13. The van der Waals surface area contributed by atoms with Crippen molar-refractivity contribution in [2.24, 2.45) is 0 Å². The molecule has 2 heterocycles. The molecule has 2 aromatic carbocycles. The first-order chi connectivity index (χ1) is 14.4. The van der Waals surface area contributed by atoms with Gasteiger partial charge < -0.3 is 9.29 Å². The highest BCUT2D eigenvalue weighted by molar-refractivity contribution is 7.85. The number of methoxy groups -OCH3 is 1. The molecular formula is C21H18ClNO4S3. The van der Waals surface area contributed by atoms with Crippen LogP contribution in [0.4, 0.5) is 0 Å². The van der Waals surface area contributed by atoms with Gasteiger partial charge in [-0.15, -0.1) is 11.3 Å². The summed E-state index contributed by atoms with van der Waals surface area (Å²) in [6, 6.07) is 11.6. The average molecular weight is 480 g/mol. The van der Waals surface area contributed by atoms with Gasteiger partial charge in [-0.25, -0.2) is 8.42 Å². The number of thiazole rings is 1. The smallest absolute Gasteiger partial charge is 0.262 e. The molecule has 0 N–H and O–H groups in total. The zero-order valence-electron chi connectivity index (χ0n) is 16.0. The van der Waals surface area contributed by atoms with E-state index in [1.54, 1.807) is 29.8 Å². The monoisotopic (exact) mass is 479 g/mol. The van der Waals surface area contributed by atoms with Gasteiger partial charge in [0.2, 0.25) is 5.52 Å². The first-order valence-corrected chi connectivity index (χ1v) is 12.8. The van der Waals surface area contributed by atoms with Crippen molar-refractivity contribution in [3.63, 3.8) is 0 Å². The molecule has 0 saturated heterocycles. The van der Waals surface area contributed by atoms with Gasteiger partial charge in [-0.3, -0.25) is 0 Å². The molecule has 0 spiro atoms. The number of thiophene rings is 1. The minimum Gasteiger partial charge on any atom is -0.748 e. The van der Waals surface area contributed by atoms with E-state index in [2.05, 4.69) is 4.57 Å². The Labute approximate surface area is 187 Å². The van der Waals surface area contributed by atoms with Gasteiger partial charge in [-0.05, 0) is 29.2 Å². The highest BCUT2D eigenvalue weighted by Gasteiger charge is 2.24. The molecule has 4 aromatic rings. The summed E-state index contributed by atoms with van der Waals surface area (Å²) in [5.74, 6) is 0.408. The lowest BCUT2D eigenvalue weighted by molar-refractivity contribution is -0.667. The first-order valence-electron chi connectivity index (χ1n) is 9.14. The standard InChI is InChI=1S/C21H18ClNO4S3/c1-27-17-13-18-20(21-15(17)9-11-28-21)23(10-4-12-30(24,25)26)19(29-18)8-7-14-5-2-3-6-16(14)22/h2-3,5-9,11,13H,4,10,12H2,1H3. The van der Waals surface area contributed by atoms with E-state index in [4.69, 9.17) is 16.3 Å². The summed E-state index contributed by atoms with van der Waals surface area (Å²) in [4.78, 5) is 0. The van der Waals surface area contributed by atoms with Crippen molar-refractivity contribution in [1.29, 1.82) is 0 Å². The molecule has 0 atom stereocenters. The average Bonchev–Trinajstić information content (AvgIpc) is 3.30. The number of fused-ring (bicyclic) bond motifs is 3. The molecule has 156 valence electrons. The Morgan fingerprint density at radius 3 is 2.77 bits per heavy atom. The van der Waals surface area contributed by atoms with Crippen LogP contribution in [0.25, 0.3) is 32.5 Å². The number of halogens is 1. The van der Waals surface area contributed by atoms with Gasteiger partial charge >= 0.3 is 0 Å². The summed E-state index contributed by atoms with van der Waals surface area (Å²) in [5.41, 5.74) is 1.91. The predicted molar refractivity (Wildman–Crippen MR) is 124 cm³/mol. The second-order valence-corrected chi connectivity index (χ2v) is 10.6. The molecular weight excluding hydrogens is 462 g/mol. The highest BCUT2D eigenvalue weighted by atomic mass is 35.5. The number of nitrogens with zero attached hydrogens (tertiary/aromatic N) is 1. The van der Waals surface area contributed by atoms with E-state index in [-0.39, 0.29) is 6.42 Å². The van der Waals surface area contributed by atoms with Gasteiger partial charge in [0.1, 0.15) is 15.1 Å². The van der Waals surface area contributed by atoms with Crippen molar-refractivity contribution in [3.05, 3.63) is 57.4 Å². The second kappa shape index (κ2) is 8.64. The Bertz CT molecular complexity index is 1360. The number of hydrogen-bond acceptors (Lipinski definition) is 6. The van der Waals surface area contributed by atoms with E-state index < -0.39 is 15.9 Å². The number of benzene rings is 2. The van der Waals surface area contributed by atoms with Crippen LogP contribution in [-0.4, -0.2) is 25.8 Å². The molecule has 2 aromatic heterocycles. The van der Waals surface area contributed by atoms with Crippen LogP contribution in [0.15, 0.2) is 41.8 Å². The van der Waals surface area contributed by atoms with Crippen LogP contribution in [0, 0.1) is 0 Å². The molecule has 30 heavy (non-hydrogen) atoms. The number of aryl methyl sites for hydroxylation is 1. The normalized spacial score (nSPS) is 12.4. The minimum atomic E-state index is -4.26. The summed E-state index contributed by atoms with van der Waals surface area (Å²) >= 11 is 9.47. The maximum Gasteiger partial charge on any atom is 0.262 e. The zero-order valence-corrected chi connectivity index (χ0v) is 19.2. The van der Waals surface area contributed by atoms with Crippen LogP contribution < -0.4 is 9.30 Å². The topological polar surface area (TPSA) is 70.3 Å². The van der Waals surface area contributed by atoms with E-state index in [1.165, 1.54) is 0 Å². The third-order valence-electron chi connectivity index (χ3n) is 4.70. The van der Waals surface area contributed by atoms with Gasteiger partial charge in [-0.1, -0.05) is 41.1 Å². The molecule has 5 nitrogen and oxygen atoms in total. The lowest BCUT2D eigenvalue weighted by Crippen LogP contribution is -2.36. The lowest BCUT2D eigenvalue weighted by Gasteiger charge is -2.05. The van der Waals surface area contributed by atoms with Crippen LogP contribution in [0.1, 0.15) is 17.0 Å². The first kappa shape index (κ1) is 21.3. The summed E-state index contributed by atoms with van der Waals surface area (Å²) in [5, 5.41) is 4.62. The van der Waals surface area contributed by atoms with Gasteiger partial charge in [0, 0.05) is 34.7 Å². The second-order valence-electron chi connectivity index (χ2n) is 6.65. The molecule has 0 fully saturated rings. The summed E-state index contributed by atoms with van der Waals surface area (Å²) in [7, 11) is -2.61. The van der Waals surface area contributed by atoms with Gasteiger partial charge in [0.25, 0.3) is 5.01 Å². The van der Waals surface area contributed by atoms with Crippen molar-refractivity contribution in [2.45, 2.75) is 13.0 Å². The molecule has 0 aliphatic carbocycles. The van der Waals surface area contributed by atoms with Crippen molar-refractivity contribution in [2.75, 3.05) is 12.9 Å². The molecule has 0 aliphatic rings. The highest BCUT2D eigenvalue weighted by Crippen LogP contribution is 2.38. The quantitative estimate of drug-likeness (QED) is 0.271. The summed E-state index contributed by atoms with van der Waals surface area (Å²) < 4.78 is 43.1.